The summed E-state index contributed by atoms with van der Waals surface area (Å²) in [7, 11) is 0. The van der Waals surface area contributed by atoms with Crippen molar-refractivity contribution in [3.63, 3.8) is 0 Å². The first-order valence-corrected chi connectivity index (χ1v) is 0.200. The summed E-state index contributed by atoms with van der Waals surface area (Å²) in [5, 5.41) is 12.0. The van der Waals surface area contributed by atoms with E-state index in [1.165, 1.54) is 0 Å². The van der Waals surface area contributed by atoms with E-state index in [0.29, 0.717) is 0 Å². The molecule has 0 saturated carbocycles. The summed E-state index contributed by atoms with van der Waals surface area (Å²) in [5.74, 6) is 0. The number of hydrogen-bond donors (Lipinski definition) is 2. The molecule has 2 N–H and O–H groups in total. The van der Waals surface area contributed by atoms with Crippen LogP contribution >= 0.6 is 0 Å². The summed E-state index contributed by atoms with van der Waals surface area (Å²) in [6, 6.07) is 0. The molecule has 0 rings (SSSR count). The quantitative estimate of drug-likeness (QED) is 0.288. The van der Waals surface area contributed by atoms with E-state index in [4.69, 9.17) is 10.5 Å². The van der Waals surface area contributed by atoms with Gasteiger partial charge < -0.3 is 0 Å². The minimum atomic E-state index is 0. The van der Waals surface area contributed by atoms with Crippen molar-refractivity contribution < 1.29 is 44.1 Å². The first-order valence-electron chi connectivity index (χ1n) is 0.200. The van der Waals surface area contributed by atoms with E-state index in [2.05, 4.69) is 0 Å². The SMILES string of the molecule is OO.[Mn].[Ni]. The van der Waals surface area contributed by atoms with Gasteiger partial charge in [0, 0.05) is 33.6 Å². The van der Waals surface area contributed by atoms with Crippen molar-refractivity contribution >= 4 is 0 Å². The van der Waals surface area contributed by atoms with Crippen LogP contribution in [0.4, 0.5) is 0 Å². The van der Waals surface area contributed by atoms with E-state index in [1.54, 1.807) is 0 Å². The maximum Gasteiger partial charge on any atom is 0 e. The molecule has 0 aliphatic rings. The molecular weight excluding hydrogens is 146 g/mol. The Hall–Kier alpha value is 0.933. The van der Waals surface area contributed by atoms with Crippen LogP contribution in [0.5, 0.6) is 0 Å². The van der Waals surface area contributed by atoms with Gasteiger partial charge in [0.25, 0.3) is 0 Å². The zero-order valence-electron chi connectivity index (χ0n) is 1.59. The van der Waals surface area contributed by atoms with Crippen LogP contribution < -0.4 is 0 Å². The monoisotopic (exact) mass is 147 g/mol. The molecule has 0 atom stereocenters. The molecule has 31 valence electrons. The summed E-state index contributed by atoms with van der Waals surface area (Å²) in [6.45, 7) is 0. The third-order valence-corrected chi connectivity index (χ3v) is 0. The normalized spacial score (nSPS) is 1.50. The van der Waals surface area contributed by atoms with Crippen molar-refractivity contribution in [2.45, 2.75) is 0 Å². The Balaban J connectivity index is -0.00000000500. The van der Waals surface area contributed by atoms with Crippen LogP contribution in [0.15, 0.2) is 0 Å². The Labute approximate surface area is 44.5 Å². The van der Waals surface area contributed by atoms with Crippen LogP contribution in [0.3, 0.4) is 0 Å². The van der Waals surface area contributed by atoms with Crippen LogP contribution in [-0.2, 0) is 33.6 Å². The van der Waals surface area contributed by atoms with Crippen molar-refractivity contribution in [1.29, 1.82) is 0 Å². The Kier molecular flexibility index (Phi) is 198. The van der Waals surface area contributed by atoms with Gasteiger partial charge in [-0.1, -0.05) is 0 Å². The van der Waals surface area contributed by atoms with E-state index < -0.39 is 0 Å². The second-order valence-corrected chi connectivity index (χ2v) is 0. The second kappa shape index (κ2) is 38.9. The molecule has 0 amide bonds. The van der Waals surface area contributed by atoms with Crippen LogP contribution in [0.2, 0.25) is 0 Å². The van der Waals surface area contributed by atoms with Crippen molar-refractivity contribution in [3.8, 4) is 0 Å². The summed E-state index contributed by atoms with van der Waals surface area (Å²) in [5.41, 5.74) is 0. The zero-order valence-corrected chi connectivity index (χ0v) is 3.76. The van der Waals surface area contributed by atoms with Crippen LogP contribution in [-0.4, -0.2) is 10.5 Å². The smallest absolute Gasteiger partial charge is 0 e. The van der Waals surface area contributed by atoms with Crippen molar-refractivity contribution in [2.75, 3.05) is 0 Å². The van der Waals surface area contributed by atoms with Crippen LogP contribution in [0, 0.1) is 0 Å². The second-order valence-electron chi connectivity index (χ2n) is 0. The van der Waals surface area contributed by atoms with E-state index in [1.807, 2.05) is 0 Å². The zero-order chi connectivity index (χ0) is 2.00. The predicted molar refractivity (Wildman–Crippen MR) is 5.26 cm³/mol. The minimum Gasteiger partial charge on any atom is -0.255 e. The third-order valence-electron chi connectivity index (χ3n) is 0. The van der Waals surface area contributed by atoms with Gasteiger partial charge >= 0.3 is 0 Å². The number of hydrogen-bond acceptors (Lipinski definition) is 2. The molecule has 0 aromatic heterocycles. The molecule has 4 heavy (non-hydrogen) atoms. The van der Waals surface area contributed by atoms with Crippen LogP contribution in [0.25, 0.3) is 0 Å². The molecule has 0 unspecified atom stereocenters. The molecule has 0 aliphatic heterocycles. The fraction of sp³-hybridized carbons (Fsp3) is 0. The van der Waals surface area contributed by atoms with Gasteiger partial charge in [0.2, 0.25) is 0 Å². The van der Waals surface area contributed by atoms with E-state index >= 15 is 0 Å². The van der Waals surface area contributed by atoms with Crippen molar-refractivity contribution in [3.05, 3.63) is 0 Å². The molecule has 0 heterocycles. The molecule has 0 aromatic rings. The average Bonchev–Trinajstić information content (AvgIpc) is 1.00. The molecule has 0 aliphatic carbocycles. The van der Waals surface area contributed by atoms with Gasteiger partial charge in [-0.15, -0.1) is 0 Å². The molecule has 1 radical (unpaired) electrons. The molecule has 2 nitrogen and oxygen atoms in total. The summed E-state index contributed by atoms with van der Waals surface area (Å²) >= 11 is 0. The molecule has 0 bridgehead atoms. The molecular formula is H2MnNiO2. The standard InChI is InChI=1S/Mn.Ni.H2O2/c;;1-2/h;;1-2H. The maximum absolute atomic E-state index is 6.00. The Morgan fingerprint density at radius 1 is 1.00 bits per heavy atom. The molecule has 0 aromatic carbocycles. The summed E-state index contributed by atoms with van der Waals surface area (Å²) in [6.07, 6.45) is 0. The largest absolute Gasteiger partial charge is 0.255 e. The predicted octanol–water partition coefficient (Wildman–Crippen LogP) is 0.0124. The van der Waals surface area contributed by atoms with Gasteiger partial charge in [-0.25, -0.2) is 0 Å². The minimum absolute atomic E-state index is 0. The van der Waals surface area contributed by atoms with Gasteiger partial charge in [-0.05, 0) is 0 Å². The average molecular weight is 148 g/mol. The van der Waals surface area contributed by atoms with Gasteiger partial charge in [-0.2, -0.15) is 0 Å². The molecule has 4 heteroatoms. The summed E-state index contributed by atoms with van der Waals surface area (Å²) < 4.78 is 0. The number of rotatable bonds is 0. The van der Waals surface area contributed by atoms with Crippen LogP contribution in [0.1, 0.15) is 0 Å². The Morgan fingerprint density at radius 2 is 1.00 bits per heavy atom. The van der Waals surface area contributed by atoms with Gasteiger partial charge in [0.05, 0.1) is 0 Å². The maximum atomic E-state index is 6.00. The third kappa shape index (κ3) is 12.6. The Bertz CT molecular complexity index is 6.00. The fourth-order valence-corrected chi connectivity index (χ4v) is 0. The topological polar surface area (TPSA) is 40.5 Å². The van der Waals surface area contributed by atoms with Crippen molar-refractivity contribution in [1.82, 2.24) is 0 Å². The van der Waals surface area contributed by atoms with E-state index in [-0.39, 0.29) is 33.6 Å². The summed E-state index contributed by atoms with van der Waals surface area (Å²) in [4.78, 5) is 0. The van der Waals surface area contributed by atoms with Gasteiger partial charge in [0.1, 0.15) is 0 Å². The Morgan fingerprint density at radius 3 is 1.00 bits per heavy atom. The van der Waals surface area contributed by atoms with Crippen molar-refractivity contribution in [2.24, 2.45) is 0 Å². The molecule has 0 saturated heterocycles. The van der Waals surface area contributed by atoms with Gasteiger partial charge in [-0.3, -0.25) is 10.5 Å². The molecule has 0 fully saturated rings. The van der Waals surface area contributed by atoms with E-state index in [0.717, 1.165) is 0 Å². The van der Waals surface area contributed by atoms with Gasteiger partial charge in [0.15, 0.2) is 0 Å². The molecule has 0 spiro atoms. The first-order chi connectivity index (χ1) is 1.00. The fourth-order valence-electron chi connectivity index (χ4n) is 0. The first kappa shape index (κ1) is 20.4. The van der Waals surface area contributed by atoms with E-state index in [9.17, 15) is 0 Å².